The third kappa shape index (κ3) is 33.9. The van der Waals surface area contributed by atoms with Gasteiger partial charge in [0.2, 0.25) is 0 Å². The summed E-state index contributed by atoms with van der Waals surface area (Å²) in [7, 11) is 0. The Bertz CT molecular complexity index is 1610. The number of ether oxygens (including phenoxy) is 7. The lowest BCUT2D eigenvalue weighted by molar-refractivity contribution is -0.0754. The number of hydrogen-bond acceptors (Lipinski definition) is 9. The van der Waals surface area contributed by atoms with Crippen LogP contribution in [0.1, 0.15) is 248 Å². The van der Waals surface area contributed by atoms with Crippen molar-refractivity contribution in [2.45, 2.75) is 243 Å². The number of hydrogen-bond donors (Lipinski definition) is 1. The Kier molecular flexibility index (Phi) is 44.4. The van der Waals surface area contributed by atoms with E-state index >= 15 is 0 Å². The molecule has 3 aromatic carbocycles. The summed E-state index contributed by atoms with van der Waals surface area (Å²) in [4.78, 5) is 2.54. The van der Waals surface area contributed by atoms with Crippen molar-refractivity contribution in [2.24, 2.45) is 5.73 Å². The molecule has 0 spiro atoms. The standard InChI is InChI=1S/C70H118N2O7/c71-52-39-24-18-12-11-17-23-29-44-59-79-69-51-60-73-55-40-25-19-13-7-3-1-5-9-15-21-27-42-57-75-64-77-61-53-72(70(66-45-33-30-34-46-66,67-47-35-31-36-48-67)68-49-37-32-38-50-68)54-62-78-65-76-58-43-28-22-16-10-6-2-4-8-14-20-26-41-56-74-63-69/h30-38,45-50,69H,1-29,39-44,51-65,71H2. The Morgan fingerprint density at radius 2 is 0.671 bits per heavy atom. The van der Waals surface area contributed by atoms with Crippen molar-refractivity contribution in [3.63, 3.8) is 0 Å². The van der Waals surface area contributed by atoms with Gasteiger partial charge in [-0.1, -0.05) is 277 Å². The molecule has 1 saturated heterocycles. The van der Waals surface area contributed by atoms with Crippen LogP contribution in [0.2, 0.25) is 0 Å². The highest BCUT2D eigenvalue weighted by atomic mass is 16.7. The second kappa shape index (κ2) is 51.0. The van der Waals surface area contributed by atoms with Crippen LogP contribution in [0.25, 0.3) is 0 Å². The molecule has 3 aromatic rings. The molecule has 0 amide bonds. The second-order valence-electron chi connectivity index (χ2n) is 22.8. The maximum Gasteiger partial charge on any atom is 0.146 e. The monoisotopic (exact) mass is 1100 g/mol. The molecule has 0 aromatic heterocycles. The number of unbranched alkanes of at least 4 members (excludes halogenated alkanes) is 8. The van der Waals surface area contributed by atoms with Crippen LogP contribution in [0.3, 0.4) is 0 Å². The molecular formula is C70H118N2O7. The van der Waals surface area contributed by atoms with E-state index in [1.807, 2.05) is 0 Å². The maximum absolute atomic E-state index is 6.41. The highest BCUT2D eigenvalue weighted by Crippen LogP contribution is 2.42. The number of benzene rings is 3. The van der Waals surface area contributed by atoms with Gasteiger partial charge in [0.05, 0.1) is 31.5 Å². The summed E-state index contributed by atoms with van der Waals surface area (Å²) < 4.78 is 43.3. The molecule has 1 aliphatic heterocycles. The van der Waals surface area contributed by atoms with Gasteiger partial charge in [-0.25, -0.2) is 0 Å². The van der Waals surface area contributed by atoms with Gasteiger partial charge in [-0.2, -0.15) is 0 Å². The Morgan fingerprint density at radius 1 is 0.354 bits per heavy atom. The zero-order valence-electron chi connectivity index (χ0n) is 50.5. The molecule has 0 saturated carbocycles. The molecule has 9 heteroatoms. The molecule has 0 bridgehead atoms. The van der Waals surface area contributed by atoms with E-state index in [0.29, 0.717) is 46.5 Å². The molecule has 0 aliphatic carbocycles. The lowest BCUT2D eigenvalue weighted by atomic mass is 9.75. The first-order chi connectivity index (χ1) is 39.4. The van der Waals surface area contributed by atoms with Crippen molar-refractivity contribution in [3.8, 4) is 0 Å². The van der Waals surface area contributed by atoms with Gasteiger partial charge in [0.15, 0.2) is 0 Å². The van der Waals surface area contributed by atoms with Gasteiger partial charge in [0, 0.05) is 52.7 Å². The second-order valence-corrected chi connectivity index (χ2v) is 22.8. The van der Waals surface area contributed by atoms with Crippen LogP contribution in [0, 0.1) is 0 Å². The van der Waals surface area contributed by atoms with E-state index in [1.165, 1.54) is 216 Å². The molecule has 4 rings (SSSR count). The van der Waals surface area contributed by atoms with E-state index in [-0.39, 0.29) is 6.10 Å². The van der Waals surface area contributed by atoms with Crippen molar-refractivity contribution in [3.05, 3.63) is 108 Å². The van der Waals surface area contributed by atoms with E-state index in [2.05, 4.69) is 95.9 Å². The zero-order valence-corrected chi connectivity index (χ0v) is 50.5. The minimum Gasteiger partial charge on any atom is -0.381 e. The van der Waals surface area contributed by atoms with Crippen LogP contribution in [0.5, 0.6) is 0 Å². The largest absolute Gasteiger partial charge is 0.381 e. The Hall–Kier alpha value is -2.70. The molecule has 1 heterocycles. The Morgan fingerprint density at radius 3 is 1.05 bits per heavy atom. The fourth-order valence-electron chi connectivity index (χ4n) is 11.4. The first kappa shape index (κ1) is 68.8. The van der Waals surface area contributed by atoms with E-state index < -0.39 is 5.54 Å². The van der Waals surface area contributed by atoms with Gasteiger partial charge in [-0.15, -0.1) is 0 Å². The molecule has 9 nitrogen and oxygen atoms in total. The van der Waals surface area contributed by atoms with E-state index in [0.717, 1.165) is 78.3 Å². The topological polar surface area (TPSA) is 93.9 Å². The van der Waals surface area contributed by atoms with Crippen LogP contribution >= 0.6 is 0 Å². The van der Waals surface area contributed by atoms with Crippen LogP contribution in [-0.4, -0.2) is 104 Å². The molecule has 1 unspecified atom stereocenters. The Labute approximate surface area is 484 Å². The smallest absolute Gasteiger partial charge is 0.146 e. The summed E-state index contributed by atoms with van der Waals surface area (Å²) in [5.41, 5.74) is 8.74. The van der Waals surface area contributed by atoms with Crippen molar-refractivity contribution in [1.82, 2.24) is 4.90 Å². The summed E-state index contributed by atoms with van der Waals surface area (Å²) in [5.74, 6) is 0. The molecular weight excluding hydrogens is 981 g/mol. The SMILES string of the molecule is NCCCCCCCCCCCOC1CCOCCCCCCCCCCCCCCCOCOCCN(C(c2ccccc2)(c2ccccc2)c2ccccc2)CCOCOCCCCCCCCCCCCCCCOC1. The molecule has 1 atom stereocenters. The van der Waals surface area contributed by atoms with Gasteiger partial charge < -0.3 is 38.9 Å². The number of nitrogens with two attached hydrogens (primary N) is 1. The summed E-state index contributed by atoms with van der Waals surface area (Å²) in [6.07, 6.45) is 46.3. The van der Waals surface area contributed by atoms with Crippen LogP contribution in [0.15, 0.2) is 91.0 Å². The minimum atomic E-state index is -0.556. The van der Waals surface area contributed by atoms with Crippen LogP contribution < -0.4 is 5.73 Å². The van der Waals surface area contributed by atoms with Crippen LogP contribution in [0.4, 0.5) is 0 Å². The van der Waals surface area contributed by atoms with Crippen molar-refractivity contribution < 1.29 is 33.2 Å². The van der Waals surface area contributed by atoms with Gasteiger partial charge >= 0.3 is 0 Å². The van der Waals surface area contributed by atoms with Crippen LogP contribution in [-0.2, 0) is 38.7 Å². The normalized spacial score (nSPS) is 20.4. The third-order valence-corrected chi connectivity index (χ3v) is 16.1. The van der Waals surface area contributed by atoms with Crippen molar-refractivity contribution in [2.75, 3.05) is 92.7 Å². The number of rotatable bonds is 16. The molecule has 1 fully saturated rings. The Balaban J connectivity index is 1.17. The predicted molar refractivity (Wildman–Crippen MR) is 331 cm³/mol. The fourth-order valence-corrected chi connectivity index (χ4v) is 11.4. The zero-order chi connectivity index (χ0) is 55.3. The highest BCUT2D eigenvalue weighted by molar-refractivity contribution is 5.49. The molecule has 450 valence electrons. The summed E-state index contributed by atoms with van der Waals surface area (Å²) in [6.45, 7) is 9.46. The summed E-state index contributed by atoms with van der Waals surface area (Å²) in [6, 6.07) is 32.8. The predicted octanol–water partition coefficient (Wildman–Crippen LogP) is 17.7. The first-order valence-corrected chi connectivity index (χ1v) is 33.1. The lowest BCUT2D eigenvalue weighted by Gasteiger charge is -2.45. The number of nitrogens with zero attached hydrogens (tertiary/aromatic N) is 1. The van der Waals surface area contributed by atoms with E-state index in [9.17, 15) is 0 Å². The third-order valence-electron chi connectivity index (χ3n) is 16.1. The summed E-state index contributed by atoms with van der Waals surface area (Å²) in [5, 5.41) is 0. The average Bonchev–Trinajstić information content (AvgIpc) is 3.68. The van der Waals surface area contributed by atoms with E-state index in [4.69, 9.17) is 38.9 Å². The minimum absolute atomic E-state index is 0.142. The molecule has 1 aliphatic rings. The first-order valence-electron chi connectivity index (χ1n) is 33.1. The van der Waals surface area contributed by atoms with E-state index in [1.54, 1.807) is 0 Å². The van der Waals surface area contributed by atoms with Gasteiger partial charge in [0.1, 0.15) is 13.6 Å². The van der Waals surface area contributed by atoms with Crippen molar-refractivity contribution in [1.29, 1.82) is 0 Å². The van der Waals surface area contributed by atoms with Gasteiger partial charge in [0.25, 0.3) is 0 Å². The van der Waals surface area contributed by atoms with Gasteiger partial charge in [-0.05, 0) is 68.2 Å². The quantitative estimate of drug-likeness (QED) is 0.111. The maximum atomic E-state index is 6.41. The lowest BCUT2D eigenvalue weighted by Crippen LogP contribution is -2.50. The molecule has 2 N–H and O–H groups in total. The molecule has 0 radical (unpaired) electrons. The fraction of sp³-hybridized carbons (Fsp3) is 0.743. The van der Waals surface area contributed by atoms with Gasteiger partial charge in [-0.3, -0.25) is 4.90 Å². The molecule has 79 heavy (non-hydrogen) atoms. The average molecular weight is 1100 g/mol. The summed E-state index contributed by atoms with van der Waals surface area (Å²) >= 11 is 0. The van der Waals surface area contributed by atoms with Crippen molar-refractivity contribution >= 4 is 0 Å². The highest BCUT2D eigenvalue weighted by Gasteiger charge is 2.41.